The lowest BCUT2D eigenvalue weighted by Gasteiger charge is -2.40. The minimum atomic E-state index is -0.765. The van der Waals surface area contributed by atoms with Gasteiger partial charge in [0.2, 0.25) is 11.8 Å². The van der Waals surface area contributed by atoms with Crippen LogP contribution in [-0.2, 0) is 9.59 Å². The van der Waals surface area contributed by atoms with Gasteiger partial charge in [0, 0.05) is 26.4 Å². The Labute approximate surface area is 115 Å². The summed E-state index contributed by atoms with van der Waals surface area (Å²) in [4.78, 5) is 22.2. The molecule has 110 valence electrons. The molecule has 0 bridgehead atoms. The third-order valence-electron chi connectivity index (χ3n) is 3.87. The molecule has 0 heterocycles. The van der Waals surface area contributed by atoms with Crippen molar-refractivity contribution in [3.05, 3.63) is 0 Å². The summed E-state index contributed by atoms with van der Waals surface area (Å²) in [7, 11) is 0. The number of aliphatic hydroxyl groups is 1. The summed E-state index contributed by atoms with van der Waals surface area (Å²) in [5.41, 5.74) is -0.471. The molecule has 0 atom stereocenters. The van der Waals surface area contributed by atoms with Crippen LogP contribution in [0.15, 0.2) is 0 Å². The van der Waals surface area contributed by atoms with Gasteiger partial charge in [0.05, 0.1) is 5.60 Å². The largest absolute Gasteiger partial charge is 0.388 e. The molecule has 3 N–H and O–H groups in total. The number of hydrogen-bond donors (Lipinski definition) is 3. The highest BCUT2D eigenvalue weighted by molar-refractivity contribution is 5.77. The van der Waals surface area contributed by atoms with E-state index in [9.17, 15) is 14.7 Å². The molecule has 1 fully saturated rings. The van der Waals surface area contributed by atoms with Gasteiger partial charge in [-0.2, -0.15) is 0 Å². The van der Waals surface area contributed by atoms with Crippen molar-refractivity contribution in [2.75, 3.05) is 13.1 Å². The lowest BCUT2D eigenvalue weighted by atomic mass is 9.71. The van der Waals surface area contributed by atoms with Crippen LogP contribution >= 0.6 is 0 Å². The third kappa shape index (κ3) is 6.05. The highest BCUT2D eigenvalue weighted by Crippen LogP contribution is 2.39. The number of hydrogen-bond acceptors (Lipinski definition) is 3. The predicted molar refractivity (Wildman–Crippen MR) is 73.5 cm³/mol. The fourth-order valence-electron chi connectivity index (χ4n) is 2.27. The van der Waals surface area contributed by atoms with Crippen molar-refractivity contribution in [2.24, 2.45) is 5.41 Å². The SMILES string of the molecule is CC(=O)NCCC(=O)NCC1(O)CCC(C)(C)CC1. The van der Waals surface area contributed by atoms with Gasteiger partial charge in [0.25, 0.3) is 0 Å². The molecule has 2 amide bonds. The molecule has 5 heteroatoms. The van der Waals surface area contributed by atoms with Crippen LogP contribution < -0.4 is 10.6 Å². The van der Waals surface area contributed by atoms with Crippen LogP contribution in [0.3, 0.4) is 0 Å². The molecule has 0 spiro atoms. The van der Waals surface area contributed by atoms with E-state index in [2.05, 4.69) is 24.5 Å². The van der Waals surface area contributed by atoms with E-state index in [1.807, 2.05) is 0 Å². The van der Waals surface area contributed by atoms with Crippen molar-refractivity contribution in [1.82, 2.24) is 10.6 Å². The van der Waals surface area contributed by atoms with E-state index in [1.165, 1.54) is 6.92 Å². The third-order valence-corrected chi connectivity index (χ3v) is 3.87. The Bertz CT molecular complexity index is 330. The average Bonchev–Trinajstić information content (AvgIpc) is 2.31. The molecule has 0 aromatic heterocycles. The zero-order valence-corrected chi connectivity index (χ0v) is 12.2. The Morgan fingerprint density at radius 3 is 2.21 bits per heavy atom. The average molecular weight is 270 g/mol. The van der Waals surface area contributed by atoms with Crippen LogP contribution in [0.25, 0.3) is 0 Å². The van der Waals surface area contributed by atoms with Gasteiger partial charge >= 0.3 is 0 Å². The van der Waals surface area contributed by atoms with Crippen LogP contribution in [0, 0.1) is 5.41 Å². The van der Waals surface area contributed by atoms with Gasteiger partial charge < -0.3 is 15.7 Å². The molecular formula is C14H26N2O3. The van der Waals surface area contributed by atoms with Gasteiger partial charge in [0.15, 0.2) is 0 Å². The van der Waals surface area contributed by atoms with E-state index >= 15 is 0 Å². The van der Waals surface area contributed by atoms with Crippen molar-refractivity contribution in [1.29, 1.82) is 0 Å². The van der Waals surface area contributed by atoms with Gasteiger partial charge in [-0.05, 0) is 31.1 Å². The van der Waals surface area contributed by atoms with Crippen molar-refractivity contribution in [3.8, 4) is 0 Å². The van der Waals surface area contributed by atoms with Crippen molar-refractivity contribution >= 4 is 11.8 Å². The lowest BCUT2D eigenvalue weighted by molar-refractivity contribution is -0.123. The molecule has 1 aliphatic rings. The summed E-state index contributed by atoms with van der Waals surface area (Å²) in [5, 5.41) is 15.7. The van der Waals surface area contributed by atoms with E-state index in [0.29, 0.717) is 18.5 Å². The molecule has 0 saturated heterocycles. The monoisotopic (exact) mass is 270 g/mol. The van der Waals surface area contributed by atoms with Crippen LogP contribution in [0.4, 0.5) is 0 Å². The molecule has 1 saturated carbocycles. The van der Waals surface area contributed by atoms with Crippen LogP contribution in [0.2, 0.25) is 0 Å². The topological polar surface area (TPSA) is 78.4 Å². The number of amides is 2. The van der Waals surface area contributed by atoms with E-state index in [-0.39, 0.29) is 18.2 Å². The minimum absolute atomic E-state index is 0.132. The lowest BCUT2D eigenvalue weighted by Crippen LogP contribution is -2.47. The highest BCUT2D eigenvalue weighted by atomic mass is 16.3. The number of carbonyl (C=O) groups excluding carboxylic acids is 2. The number of nitrogens with one attached hydrogen (secondary N) is 2. The minimum Gasteiger partial charge on any atom is -0.388 e. The molecular weight excluding hydrogens is 244 g/mol. The van der Waals surface area contributed by atoms with Gasteiger partial charge in [-0.15, -0.1) is 0 Å². The normalized spacial score (nSPS) is 20.6. The molecule has 0 aliphatic heterocycles. The van der Waals surface area contributed by atoms with Gasteiger partial charge in [-0.1, -0.05) is 13.8 Å². The maximum Gasteiger partial charge on any atom is 0.221 e. The quantitative estimate of drug-likeness (QED) is 0.696. The fourth-order valence-corrected chi connectivity index (χ4v) is 2.27. The van der Waals surface area contributed by atoms with Crippen molar-refractivity contribution in [2.45, 2.75) is 58.5 Å². The second-order valence-corrected chi connectivity index (χ2v) is 6.40. The fraction of sp³-hybridized carbons (Fsp3) is 0.857. The molecule has 0 unspecified atom stereocenters. The van der Waals surface area contributed by atoms with E-state index in [1.54, 1.807) is 0 Å². The Morgan fingerprint density at radius 1 is 1.11 bits per heavy atom. The molecule has 1 rings (SSSR count). The summed E-state index contributed by atoms with van der Waals surface area (Å²) in [6.45, 7) is 6.48. The molecule has 0 aromatic rings. The first-order valence-corrected chi connectivity index (χ1v) is 6.96. The van der Waals surface area contributed by atoms with Gasteiger partial charge in [-0.25, -0.2) is 0 Å². The first-order valence-electron chi connectivity index (χ1n) is 6.96. The van der Waals surface area contributed by atoms with Crippen LogP contribution in [0.1, 0.15) is 52.9 Å². The maximum absolute atomic E-state index is 11.6. The summed E-state index contributed by atoms with van der Waals surface area (Å²) < 4.78 is 0. The summed E-state index contributed by atoms with van der Waals surface area (Å²) in [6.07, 6.45) is 3.66. The molecule has 1 aliphatic carbocycles. The zero-order valence-electron chi connectivity index (χ0n) is 12.2. The zero-order chi connectivity index (χ0) is 14.5. The summed E-state index contributed by atoms with van der Waals surface area (Å²) in [6, 6.07) is 0. The highest BCUT2D eigenvalue weighted by Gasteiger charge is 2.36. The van der Waals surface area contributed by atoms with Crippen LogP contribution in [0.5, 0.6) is 0 Å². The van der Waals surface area contributed by atoms with Gasteiger partial charge in [-0.3, -0.25) is 9.59 Å². The van der Waals surface area contributed by atoms with Gasteiger partial charge in [0.1, 0.15) is 0 Å². The first-order chi connectivity index (χ1) is 8.72. The van der Waals surface area contributed by atoms with Crippen molar-refractivity contribution < 1.29 is 14.7 Å². The van der Waals surface area contributed by atoms with E-state index < -0.39 is 5.60 Å². The maximum atomic E-state index is 11.6. The number of rotatable bonds is 5. The molecule has 0 aromatic carbocycles. The van der Waals surface area contributed by atoms with E-state index in [0.717, 1.165) is 25.7 Å². The molecule has 19 heavy (non-hydrogen) atoms. The standard InChI is InChI=1S/C14H26N2O3/c1-11(17)15-9-4-12(18)16-10-14(19)7-5-13(2,3)6-8-14/h19H,4-10H2,1-3H3,(H,15,17)(H,16,18). The molecule has 5 nitrogen and oxygen atoms in total. The first kappa shape index (κ1) is 16.0. The Kier molecular flexibility index (Phi) is 5.35. The Morgan fingerprint density at radius 2 is 1.68 bits per heavy atom. The Hall–Kier alpha value is -1.10. The second kappa shape index (κ2) is 6.37. The molecule has 0 radical (unpaired) electrons. The smallest absolute Gasteiger partial charge is 0.221 e. The van der Waals surface area contributed by atoms with Crippen molar-refractivity contribution in [3.63, 3.8) is 0 Å². The van der Waals surface area contributed by atoms with E-state index in [4.69, 9.17) is 0 Å². The Balaban J connectivity index is 2.24. The predicted octanol–water partition coefficient (Wildman–Crippen LogP) is 0.960. The van der Waals surface area contributed by atoms with Crippen LogP contribution in [-0.4, -0.2) is 35.6 Å². The summed E-state index contributed by atoms with van der Waals surface area (Å²) >= 11 is 0. The second-order valence-electron chi connectivity index (χ2n) is 6.40. The summed E-state index contributed by atoms with van der Waals surface area (Å²) in [5.74, 6) is -0.270. The number of carbonyl (C=O) groups is 2.